The van der Waals surface area contributed by atoms with Crippen LogP contribution in [0.5, 0.6) is 0 Å². The van der Waals surface area contributed by atoms with Gasteiger partial charge in [0.15, 0.2) is 0 Å². The molecule has 1 aromatic carbocycles. The SMILES string of the molecule is CC(C)(C)C(CC(=O)O)NC(=O)c1ccc(C#N)cc1. The Kier molecular flexibility index (Phi) is 4.87. The van der Waals surface area contributed by atoms with E-state index >= 15 is 0 Å². The fourth-order valence-corrected chi connectivity index (χ4v) is 1.69. The molecule has 5 nitrogen and oxygen atoms in total. The maximum atomic E-state index is 12.1. The molecule has 106 valence electrons. The molecule has 1 unspecified atom stereocenters. The summed E-state index contributed by atoms with van der Waals surface area (Å²) >= 11 is 0. The zero-order chi connectivity index (χ0) is 15.3. The molecule has 0 aliphatic heterocycles. The molecule has 0 aliphatic carbocycles. The summed E-state index contributed by atoms with van der Waals surface area (Å²) in [6, 6.07) is 7.71. The number of carboxylic acids is 1. The highest BCUT2D eigenvalue weighted by Gasteiger charge is 2.28. The lowest BCUT2D eigenvalue weighted by molar-refractivity contribution is -0.138. The van der Waals surface area contributed by atoms with Gasteiger partial charge >= 0.3 is 5.97 Å². The number of carbonyl (C=O) groups is 2. The van der Waals surface area contributed by atoms with Crippen LogP contribution in [0.25, 0.3) is 0 Å². The van der Waals surface area contributed by atoms with Gasteiger partial charge in [-0.1, -0.05) is 20.8 Å². The number of amides is 1. The first-order chi connectivity index (χ1) is 9.24. The minimum absolute atomic E-state index is 0.133. The van der Waals surface area contributed by atoms with E-state index in [0.717, 1.165) is 0 Å². The predicted octanol–water partition coefficient (Wildman–Crippen LogP) is 2.18. The van der Waals surface area contributed by atoms with E-state index < -0.39 is 12.0 Å². The summed E-state index contributed by atoms with van der Waals surface area (Å²) < 4.78 is 0. The molecule has 0 aliphatic rings. The molecule has 1 atom stereocenters. The summed E-state index contributed by atoms with van der Waals surface area (Å²) in [7, 11) is 0. The van der Waals surface area contributed by atoms with Gasteiger partial charge in [-0.3, -0.25) is 9.59 Å². The molecule has 0 spiro atoms. The molecular formula is C15H18N2O3. The Balaban J connectivity index is 2.85. The lowest BCUT2D eigenvalue weighted by Crippen LogP contribution is -2.45. The van der Waals surface area contributed by atoms with Gasteiger partial charge in [0.2, 0.25) is 0 Å². The third-order valence-electron chi connectivity index (χ3n) is 3.01. The van der Waals surface area contributed by atoms with Gasteiger partial charge in [0, 0.05) is 11.6 Å². The van der Waals surface area contributed by atoms with Gasteiger partial charge in [0.1, 0.15) is 0 Å². The number of benzene rings is 1. The van der Waals surface area contributed by atoms with E-state index in [1.807, 2.05) is 26.8 Å². The van der Waals surface area contributed by atoms with Crippen molar-refractivity contribution in [2.75, 3.05) is 0 Å². The molecule has 1 amide bonds. The van der Waals surface area contributed by atoms with Gasteiger partial charge in [0.05, 0.1) is 18.1 Å². The van der Waals surface area contributed by atoms with E-state index in [-0.39, 0.29) is 17.7 Å². The van der Waals surface area contributed by atoms with Crippen molar-refractivity contribution in [2.24, 2.45) is 5.41 Å². The van der Waals surface area contributed by atoms with E-state index in [0.29, 0.717) is 11.1 Å². The maximum absolute atomic E-state index is 12.1. The number of nitrogens with zero attached hydrogens (tertiary/aromatic N) is 1. The van der Waals surface area contributed by atoms with Crippen molar-refractivity contribution in [1.29, 1.82) is 5.26 Å². The number of carboxylic acid groups (broad SMARTS) is 1. The van der Waals surface area contributed by atoms with Crippen LogP contribution in [-0.4, -0.2) is 23.0 Å². The Hall–Kier alpha value is -2.35. The highest BCUT2D eigenvalue weighted by molar-refractivity contribution is 5.94. The summed E-state index contributed by atoms with van der Waals surface area (Å²) in [5.74, 6) is -1.29. The average Bonchev–Trinajstić information content (AvgIpc) is 2.36. The maximum Gasteiger partial charge on any atom is 0.305 e. The van der Waals surface area contributed by atoms with Gasteiger partial charge in [-0.15, -0.1) is 0 Å². The fourth-order valence-electron chi connectivity index (χ4n) is 1.69. The van der Waals surface area contributed by atoms with Crippen LogP contribution in [0.15, 0.2) is 24.3 Å². The molecule has 1 rings (SSSR count). The summed E-state index contributed by atoms with van der Waals surface area (Å²) in [6.45, 7) is 5.62. The van der Waals surface area contributed by atoms with Gasteiger partial charge in [0.25, 0.3) is 5.91 Å². The molecule has 5 heteroatoms. The molecule has 0 saturated heterocycles. The third-order valence-corrected chi connectivity index (χ3v) is 3.01. The number of rotatable bonds is 4. The number of carbonyl (C=O) groups excluding carboxylic acids is 1. The summed E-state index contributed by atoms with van der Waals surface area (Å²) in [6.07, 6.45) is -0.133. The second kappa shape index (κ2) is 6.20. The van der Waals surface area contributed by atoms with Crippen LogP contribution >= 0.6 is 0 Å². The normalized spacial score (nSPS) is 12.3. The second-order valence-electron chi connectivity index (χ2n) is 5.68. The molecule has 2 N–H and O–H groups in total. The smallest absolute Gasteiger partial charge is 0.305 e. The van der Waals surface area contributed by atoms with E-state index in [4.69, 9.17) is 10.4 Å². The van der Waals surface area contributed by atoms with Crippen LogP contribution in [0.1, 0.15) is 43.1 Å². The lowest BCUT2D eigenvalue weighted by Gasteiger charge is -2.30. The quantitative estimate of drug-likeness (QED) is 0.880. The minimum atomic E-state index is -0.954. The molecular weight excluding hydrogens is 256 g/mol. The fraction of sp³-hybridized carbons (Fsp3) is 0.400. The predicted molar refractivity (Wildman–Crippen MR) is 74.1 cm³/mol. The van der Waals surface area contributed by atoms with Crippen molar-refractivity contribution in [2.45, 2.75) is 33.2 Å². The van der Waals surface area contributed by atoms with Crippen LogP contribution < -0.4 is 5.32 Å². The van der Waals surface area contributed by atoms with Crippen molar-refractivity contribution in [3.8, 4) is 6.07 Å². The van der Waals surface area contributed by atoms with Crippen molar-refractivity contribution < 1.29 is 14.7 Å². The number of nitriles is 1. The molecule has 0 bridgehead atoms. The monoisotopic (exact) mass is 274 g/mol. The van der Waals surface area contributed by atoms with Crippen LogP contribution in [0.4, 0.5) is 0 Å². The Morgan fingerprint density at radius 3 is 2.25 bits per heavy atom. The first kappa shape index (κ1) is 15.7. The van der Waals surface area contributed by atoms with Gasteiger partial charge in [-0.05, 0) is 29.7 Å². The molecule has 0 saturated carbocycles. The average molecular weight is 274 g/mol. The molecule has 0 heterocycles. The Bertz CT molecular complexity index is 536. The number of aliphatic carboxylic acids is 1. The second-order valence-corrected chi connectivity index (χ2v) is 5.68. The highest BCUT2D eigenvalue weighted by atomic mass is 16.4. The van der Waals surface area contributed by atoms with Crippen LogP contribution in [-0.2, 0) is 4.79 Å². The highest BCUT2D eigenvalue weighted by Crippen LogP contribution is 2.22. The summed E-state index contributed by atoms with van der Waals surface area (Å²) in [5.41, 5.74) is 0.517. The standard InChI is InChI=1S/C15H18N2O3/c1-15(2,3)12(8-13(18)19)17-14(20)11-6-4-10(9-16)5-7-11/h4-7,12H,8H2,1-3H3,(H,17,20)(H,18,19). The topological polar surface area (TPSA) is 90.2 Å². The van der Waals surface area contributed by atoms with Gasteiger partial charge in [-0.25, -0.2) is 0 Å². The largest absolute Gasteiger partial charge is 0.481 e. The van der Waals surface area contributed by atoms with Gasteiger partial charge in [-0.2, -0.15) is 5.26 Å². The molecule has 20 heavy (non-hydrogen) atoms. The Morgan fingerprint density at radius 2 is 1.85 bits per heavy atom. The number of hydrogen-bond donors (Lipinski definition) is 2. The first-order valence-corrected chi connectivity index (χ1v) is 6.27. The third kappa shape index (κ3) is 4.39. The molecule has 0 radical (unpaired) electrons. The van der Waals surface area contributed by atoms with Crippen molar-refractivity contribution in [1.82, 2.24) is 5.32 Å². The van der Waals surface area contributed by atoms with E-state index in [9.17, 15) is 9.59 Å². The number of hydrogen-bond acceptors (Lipinski definition) is 3. The number of nitrogens with one attached hydrogen (secondary N) is 1. The molecule has 1 aromatic rings. The van der Waals surface area contributed by atoms with E-state index in [1.54, 1.807) is 24.3 Å². The van der Waals surface area contributed by atoms with Crippen LogP contribution in [0, 0.1) is 16.7 Å². The van der Waals surface area contributed by atoms with Crippen molar-refractivity contribution in [3.63, 3.8) is 0 Å². The van der Waals surface area contributed by atoms with Crippen LogP contribution in [0.2, 0.25) is 0 Å². The summed E-state index contributed by atoms with van der Waals surface area (Å²) in [4.78, 5) is 23.0. The van der Waals surface area contributed by atoms with Crippen molar-refractivity contribution in [3.05, 3.63) is 35.4 Å². The van der Waals surface area contributed by atoms with E-state index in [2.05, 4.69) is 5.32 Å². The van der Waals surface area contributed by atoms with Crippen LogP contribution in [0.3, 0.4) is 0 Å². The zero-order valence-corrected chi connectivity index (χ0v) is 11.8. The Morgan fingerprint density at radius 1 is 1.30 bits per heavy atom. The minimum Gasteiger partial charge on any atom is -0.481 e. The molecule has 0 fully saturated rings. The first-order valence-electron chi connectivity index (χ1n) is 6.27. The van der Waals surface area contributed by atoms with E-state index in [1.165, 1.54) is 0 Å². The van der Waals surface area contributed by atoms with Crippen molar-refractivity contribution >= 4 is 11.9 Å². The zero-order valence-electron chi connectivity index (χ0n) is 11.8. The lowest BCUT2D eigenvalue weighted by atomic mass is 9.84. The molecule has 0 aromatic heterocycles. The Labute approximate surface area is 118 Å². The summed E-state index contributed by atoms with van der Waals surface area (Å²) in [5, 5.41) is 20.4. The van der Waals surface area contributed by atoms with Gasteiger partial charge < -0.3 is 10.4 Å².